The van der Waals surface area contributed by atoms with Crippen LogP contribution in [0.3, 0.4) is 0 Å². The van der Waals surface area contributed by atoms with Crippen LogP contribution in [0.1, 0.15) is 13.8 Å². The molecule has 0 fully saturated rings. The molecule has 0 aliphatic carbocycles. The number of benzene rings is 1. The number of aryl methyl sites for hydroxylation is 1. The van der Waals surface area contributed by atoms with Crippen LogP contribution in [0.25, 0.3) is 10.9 Å². The van der Waals surface area contributed by atoms with Crippen molar-refractivity contribution in [1.29, 1.82) is 0 Å². The fraction of sp³-hybridized carbons (Fsp3) is 0.273. The Morgan fingerprint density at radius 3 is 2.29 bits per heavy atom. The number of nitrogens with zero attached hydrogens (tertiary/aromatic N) is 1. The monoisotopic (exact) mass is 229 g/mol. The van der Waals surface area contributed by atoms with Crippen LogP contribution in [-0.2, 0) is 7.05 Å². The van der Waals surface area contributed by atoms with Gasteiger partial charge in [0.25, 0.3) is 0 Å². The minimum atomic E-state index is 0.603. The summed E-state index contributed by atoms with van der Waals surface area (Å²) in [5.41, 5.74) is 1.10. The minimum absolute atomic E-state index is 0.603. The Labute approximate surface area is 94.2 Å². The van der Waals surface area contributed by atoms with Gasteiger partial charge in [-0.05, 0) is 18.2 Å². The molecule has 0 atom stereocenters. The van der Waals surface area contributed by atoms with Crippen molar-refractivity contribution < 1.29 is 0 Å². The van der Waals surface area contributed by atoms with E-state index in [1.807, 2.05) is 49.9 Å². The van der Waals surface area contributed by atoms with E-state index in [1.54, 1.807) is 0 Å². The summed E-state index contributed by atoms with van der Waals surface area (Å²) < 4.78 is 2.01. The van der Waals surface area contributed by atoms with Gasteiger partial charge in [0.2, 0.25) is 0 Å². The van der Waals surface area contributed by atoms with Gasteiger partial charge >= 0.3 is 0 Å². The highest BCUT2D eigenvalue weighted by Crippen LogP contribution is 2.27. The summed E-state index contributed by atoms with van der Waals surface area (Å²) in [7, 11) is 1.98. The maximum absolute atomic E-state index is 5.87. The second-order valence-electron chi connectivity index (χ2n) is 2.75. The van der Waals surface area contributed by atoms with E-state index in [0.29, 0.717) is 10.0 Å². The molecular formula is C11H13Cl2N. The summed E-state index contributed by atoms with van der Waals surface area (Å²) in [6.45, 7) is 4.00. The van der Waals surface area contributed by atoms with Gasteiger partial charge in [0.1, 0.15) is 0 Å². The lowest BCUT2D eigenvalue weighted by Gasteiger charge is -1.98. The third-order valence-corrected chi connectivity index (χ3v) is 2.65. The summed E-state index contributed by atoms with van der Waals surface area (Å²) in [6, 6.07) is 5.76. The number of hydrogen-bond acceptors (Lipinski definition) is 0. The molecule has 0 spiro atoms. The number of hydrogen-bond donors (Lipinski definition) is 0. The van der Waals surface area contributed by atoms with Gasteiger partial charge < -0.3 is 4.57 Å². The maximum atomic E-state index is 5.87. The van der Waals surface area contributed by atoms with E-state index >= 15 is 0 Å². The van der Waals surface area contributed by atoms with Crippen LogP contribution >= 0.6 is 23.2 Å². The zero-order valence-electron chi connectivity index (χ0n) is 8.51. The molecule has 1 aromatic carbocycles. The molecule has 0 radical (unpaired) electrons. The fourth-order valence-corrected chi connectivity index (χ4v) is 1.59. The van der Waals surface area contributed by atoms with Crippen LogP contribution in [0.15, 0.2) is 24.4 Å². The highest BCUT2D eigenvalue weighted by atomic mass is 35.5. The zero-order valence-corrected chi connectivity index (χ0v) is 10.0. The van der Waals surface area contributed by atoms with Gasteiger partial charge in [-0.3, -0.25) is 0 Å². The van der Waals surface area contributed by atoms with Crippen LogP contribution < -0.4 is 0 Å². The Bertz CT molecular complexity index is 432. The highest BCUT2D eigenvalue weighted by Gasteiger charge is 2.02. The van der Waals surface area contributed by atoms with Crippen molar-refractivity contribution in [3.8, 4) is 0 Å². The summed E-state index contributed by atoms with van der Waals surface area (Å²) >= 11 is 11.7. The second-order valence-corrected chi connectivity index (χ2v) is 3.57. The SMILES string of the molecule is CC.Cn1ccc2cc(Cl)c(Cl)cc21. The van der Waals surface area contributed by atoms with Gasteiger partial charge in [0, 0.05) is 24.1 Å². The first-order valence-corrected chi connectivity index (χ1v) is 5.34. The van der Waals surface area contributed by atoms with Gasteiger partial charge in [-0.1, -0.05) is 37.0 Å². The predicted molar refractivity (Wildman–Crippen MR) is 64.3 cm³/mol. The van der Waals surface area contributed by atoms with Crippen molar-refractivity contribution >= 4 is 34.1 Å². The van der Waals surface area contributed by atoms with E-state index in [2.05, 4.69) is 0 Å². The number of fused-ring (bicyclic) bond motifs is 1. The molecule has 1 heterocycles. The second kappa shape index (κ2) is 4.72. The molecule has 0 aliphatic rings. The molecule has 0 bridgehead atoms. The van der Waals surface area contributed by atoms with Crippen LogP contribution in [0, 0.1) is 0 Å². The highest BCUT2D eigenvalue weighted by molar-refractivity contribution is 6.42. The molecule has 3 heteroatoms. The Kier molecular flexibility index (Phi) is 3.85. The molecule has 1 nitrogen and oxygen atoms in total. The van der Waals surface area contributed by atoms with Crippen molar-refractivity contribution in [1.82, 2.24) is 4.57 Å². The van der Waals surface area contributed by atoms with Crippen LogP contribution in [-0.4, -0.2) is 4.57 Å². The van der Waals surface area contributed by atoms with E-state index in [9.17, 15) is 0 Å². The smallest absolute Gasteiger partial charge is 0.0613 e. The molecule has 0 amide bonds. The average molecular weight is 230 g/mol. The van der Waals surface area contributed by atoms with E-state index in [-0.39, 0.29) is 0 Å². The van der Waals surface area contributed by atoms with Gasteiger partial charge in [-0.15, -0.1) is 0 Å². The minimum Gasteiger partial charge on any atom is -0.351 e. The average Bonchev–Trinajstić information content (AvgIpc) is 2.53. The Morgan fingerprint density at radius 1 is 1.07 bits per heavy atom. The van der Waals surface area contributed by atoms with E-state index < -0.39 is 0 Å². The number of halogens is 2. The number of aromatic nitrogens is 1. The largest absolute Gasteiger partial charge is 0.351 e. The van der Waals surface area contributed by atoms with Gasteiger partial charge in [-0.2, -0.15) is 0 Å². The lowest BCUT2D eigenvalue weighted by molar-refractivity contribution is 0.969. The standard InChI is InChI=1S/C9H7Cl2N.C2H6/c1-12-3-2-6-4-7(10)8(11)5-9(6)12;1-2/h2-5H,1H3;1-2H3. The topological polar surface area (TPSA) is 4.93 Å². The molecule has 2 rings (SSSR count). The lowest BCUT2D eigenvalue weighted by Crippen LogP contribution is -1.83. The van der Waals surface area contributed by atoms with Crippen molar-refractivity contribution in [3.63, 3.8) is 0 Å². The molecule has 2 aromatic rings. The van der Waals surface area contributed by atoms with E-state index in [4.69, 9.17) is 23.2 Å². The Balaban J connectivity index is 0.000000461. The van der Waals surface area contributed by atoms with Crippen LogP contribution in [0.2, 0.25) is 10.0 Å². The van der Waals surface area contributed by atoms with Crippen LogP contribution in [0.5, 0.6) is 0 Å². The summed E-state index contributed by atoms with van der Waals surface area (Å²) in [6.07, 6.45) is 1.98. The number of rotatable bonds is 0. The van der Waals surface area contributed by atoms with E-state index in [1.165, 1.54) is 0 Å². The first-order valence-electron chi connectivity index (χ1n) is 4.58. The normalized spacial score (nSPS) is 9.79. The first kappa shape index (κ1) is 11.4. The summed E-state index contributed by atoms with van der Waals surface area (Å²) in [5.74, 6) is 0. The summed E-state index contributed by atoms with van der Waals surface area (Å²) in [4.78, 5) is 0. The predicted octanol–water partition coefficient (Wildman–Crippen LogP) is 4.51. The quantitative estimate of drug-likeness (QED) is 0.627. The third-order valence-electron chi connectivity index (χ3n) is 1.93. The van der Waals surface area contributed by atoms with Gasteiger partial charge in [-0.25, -0.2) is 0 Å². The molecule has 1 aromatic heterocycles. The van der Waals surface area contributed by atoms with Gasteiger partial charge in [0.15, 0.2) is 0 Å². The van der Waals surface area contributed by atoms with Crippen molar-refractivity contribution in [2.75, 3.05) is 0 Å². The van der Waals surface area contributed by atoms with E-state index in [0.717, 1.165) is 10.9 Å². The zero-order chi connectivity index (χ0) is 10.7. The Morgan fingerprint density at radius 2 is 1.64 bits per heavy atom. The molecule has 0 aliphatic heterocycles. The van der Waals surface area contributed by atoms with Crippen molar-refractivity contribution in [2.45, 2.75) is 13.8 Å². The Hall–Kier alpha value is -0.660. The lowest BCUT2D eigenvalue weighted by atomic mass is 10.2. The molecular weight excluding hydrogens is 217 g/mol. The van der Waals surface area contributed by atoms with Crippen molar-refractivity contribution in [3.05, 3.63) is 34.4 Å². The molecule has 14 heavy (non-hydrogen) atoms. The molecule has 0 unspecified atom stereocenters. The molecule has 0 N–H and O–H groups in total. The fourth-order valence-electron chi connectivity index (χ4n) is 1.26. The van der Waals surface area contributed by atoms with Crippen LogP contribution in [0.4, 0.5) is 0 Å². The first-order chi connectivity index (χ1) is 6.68. The van der Waals surface area contributed by atoms with Gasteiger partial charge in [0.05, 0.1) is 10.0 Å². The maximum Gasteiger partial charge on any atom is 0.0613 e. The molecule has 76 valence electrons. The summed E-state index contributed by atoms with van der Waals surface area (Å²) in [5, 5.41) is 2.33. The third kappa shape index (κ3) is 2.05. The van der Waals surface area contributed by atoms with Crippen molar-refractivity contribution in [2.24, 2.45) is 7.05 Å². The molecule has 0 saturated carbocycles. The molecule has 0 saturated heterocycles.